The lowest BCUT2D eigenvalue weighted by Crippen LogP contribution is -2.43. The summed E-state index contributed by atoms with van der Waals surface area (Å²) in [5, 5.41) is 12.9. The van der Waals surface area contributed by atoms with Gasteiger partial charge in [0.05, 0.1) is 6.07 Å². The van der Waals surface area contributed by atoms with Crippen molar-refractivity contribution in [3.05, 3.63) is 0 Å². The van der Waals surface area contributed by atoms with Crippen LogP contribution in [-0.2, 0) is 0 Å². The summed E-state index contributed by atoms with van der Waals surface area (Å²) in [7, 11) is 0. The second-order valence-electron chi connectivity index (χ2n) is 6.53. The number of nitrogens with zero attached hydrogens (tertiary/aromatic N) is 2. The van der Waals surface area contributed by atoms with Crippen LogP contribution in [0.15, 0.2) is 0 Å². The lowest BCUT2D eigenvalue weighted by atomic mass is 9.99. The maximum absolute atomic E-state index is 9.44. The summed E-state index contributed by atoms with van der Waals surface area (Å²) < 4.78 is 0. The van der Waals surface area contributed by atoms with E-state index in [1.165, 1.54) is 38.8 Å². The third-order valence-electron chi connectivity index (χ3n) is 5.49. The molecule has 18 heavy (non-hydrogen) atoms. The third kappa shape index (κ3) is 2.06. The molecule has 0 bridgehead atoms. The number of rotatable bonds is 3. The molecule has 0 aromatic rings. The third-order valence-corrected chi connectivity index (χ3v) is 5.49. The van der Waals surface area contributed by atoms with E-state index in [4.69, 9.17) is 0 Å². The number of nitrogens with one attached hydrogen (secondary N) is 1. The zero-order valence-corrected chi connectivity index (χ0v) is 11.5. The summed E-state index contributed by atoms with van der Waals surface area (Å²) in [5.41, 5.74) is -0.225. The van der Waals surface area contributed by atoms with Crippen molar-refractivity contribution in [2.75, 3.05) is 19.6 Å². The first kappa shape index (κ1) is 12.4. The number of hydrogen-bond donors (Lipinski definition) is 1. The van der Waals surface area contributed by atoms with Crippen LogP contribution in [0.4, 0.5) is 0 Å². The summed E-state index contributed by atoms with van der Waals surface area (Å²) in [6, 6.07) is 3.21. The zero-order chi connectivity index (χ0) is 12.6. The van der Waals surface area contributed by atoms with Gasteiger partial charge in [-0.3, -0.25) is 10.2 Å². The summed E-state index contributed by atoms with van der Waals surface area (Å²) >= 11 is 0. The molecule has 3 rings (SSSR count). The molecule has 2 saturated carbocycles. The maximum atomic E-state index is 9.44. The van der Waals surface area contributed by atoms with Gasteiger partial charge in [0.15, 0.2) is 0 Å². The molecule has 100 valence electrons. The molecule has 0 amide bonds. The first-order valence-corrected chi connectivity index (χ1v) is 7.66. The molecule has 3 aliphatic rings. The van der Waals surface area contributed by atoms with Crippen LogP contribution in [0.3, 0.4) is 0 Å². The Balaban J connectivity index is 1.61. The van der Waals surface area contributed by atoms with Gasteiger partial charge < -0.3 is 0 Å². The van der Waals surface area contributed by atoms with Gasteiger partial charge in [-0.05, 0) is 50.5 Å². The van der Waals surface area contributed by atoms with Crippen LogP contribution < -0.4 is 5.32 Å². The Hall–Kier alpha value is -0.590. The average Bonchev–Trinajstić information content (AvgIpc) is 3.01. The minimum atomic E-state index is -0.225. The Morgan fingerprint density at radius 1 is 1.28 bits per heavy atom. The molecule has 0 aromatic heterocycles. The SMILES string of the molecule is CCNC1(C#N)CCC(N2CC3CCCC3C2)C1. The first-order chi connectivity index (χ1) is 8.76. The molecule has 1 heterocycles. The summed E-state index contributed by atoms with van der Waals surface area (Å²) in [6.07, 6.45) is 7.63. The van der Waals surface area contributed by atoms with Gasteiger partial charge in [0, 0.05) is 19.1 Å². The molecular formula is C15H25N3. The first-order valence-electron chi connectivity index (χ1n) is 7.66. The molecule has 3 nitrogen and oxygen atoms in total. The molecular weight excluding hydrogens is 222 g/mol. The quantitative estimate of drug-likeness (QED) is 0.830. The van der Waals surface area contributed by atoms with Crippen LogP contribution in [0.2, 0.25) is 0 Å². The van der Waals surface area contributed by atoms with Gasteiger partial charge in [0.25, 0.3) is 0 Å². The van der Waals surface area contributed by atoms with Gasteiger partial charge >= 0.3 is 0 Å². The minimum Gasteiger partial charge on any atom is -0.300 e. The molecule has 0 spiro atoms. The van der Waals surface area contributed by atoms with Crippen molar-refractivity contribution in [3.63, 3.8) is 0 Å². The minimum absolute atomic E-state index is 0.225. The Morgan fingerprint density at radius 3 is 2.61 bits per heavy atom. The molecule has 0 aromatic carbocycles. The highest BCUT2D eigenvalue weighted by Crippen LogP contribution is 2.42. The van der Waals surface area contributed by atoms with Crippen molar-refractivity contribution in [2.24, 2.45) is 11.8 Å². The summed E-state index contributed by atoms with van der Waals surface area (Å²) in [4.78, 5) is 2.70. The van der Waals surface area contributed by atoms with Gasteiger partial charge in [-0.15, -0.1) is 0 Å². The number of nitriles is 1. The van der Waals surface area contributed by atoms with Gasteiger partial charge in [-0.2, -0.15) is 5.26 Å². The normalized spacial score (nSPS) is 44.1. The Morgan fingerprint density at radius 2 is 2.00 bits per heavy atom. The predicted octanol–water partition coefficient (Wildman–Crippen LogP) is 2.14. The van der Waals surface area contributed by atoms with E-state index in [9.17, 15) is 5.26 Å². The lowest BCUT2D eigenvalue weighted by molar-refractivity contribution is 0.220. The predicted molar refractivity (Wildman–Crippen MR) is 72.1 cm³/mol. The zero-order valence-electron chi connectivity index (χ0n) is 11.5. The molecule has 2 aliphatic carbocycles. The molecule has 3 heteroatoms. The Labute approximate surface area is 111 Å². The monoisotopic (exact) mass is 247 g/mol. The second-order valence-corrected chi connectivity index (χ2v) is 6.53. The van der Waals surface area contributed by atoms with Crippen molar-refractivity contribution in [1.29, 1.82) is 5.26 Å². The van der Waals surface area contributed by atoms with Crippen molar-refractivity contribution >= 4 is 0 Å². The van der Waals surface area contributed by atoms with Crippen molar-refractivity contribution in [3.8, 4) is 6.07 Å². The Bertz CT molecular complexity index is 336. The average molecular weight is 247 g/mol. The van der Waals surface area contributed by atoms with Crippen LogP contribution in [-0.4, -0.2) is 36.1 Å². The second kappa shape index (κ2) is 4.83. The van der Waals surface area contributed by atoms with Crippen LogP contribution in [0.1, 0.15) is 45.4 Å². The van der Waals surface area contributed by atoms with Crippen molar-refractivity contribution in [2.45, 2.75) is 57.0 Å². The molecule has 4 unspecified atom stereocenters. The fraction of sp³-hybridized carbons (Fsp3) is 0.933. The van der Waals surface area contributed by atoms with Gasteiger partial charge in [0.1, 0.15) is 5.54 Å². The van der Waals surface area contributed by atoms with Crippen molar-refractivity contribution < 1.29 is 0 Å². The van der Waals surface area contributed by atoms with Gasteiger partial charge in [-0.25, -0.2) is 0 Å². The van der Waals surface area contributed by atoms with Crippen LogP contribution in [0.25, 0.3) is 0 Å². The summed E-state index contributed by atoms with van der Waals surface area (Å²) in [5.74, 6) is 1.95. The van der Waals surface area contributed by atoms with Gasteiger partial charge in [0.2, 0.25) is 0 Å². The van der Waals surface area contributed by atoms with E-state index in [1.54, 1.807) is 0 Å². The largest absolute Gasteiger partial charge is 0.300 e. The van der Waals surface area contributed by atoms with E-state index >= 15 is 0 Å². The fourth-order valence-corrected chi connectivity index (χ4v) is 4.54. The van der Waals surface area contributed by atoms with Crippen LogP contribution >= 0.6 is 0 Å². The van der Waals surface area contributed by atoms with E-state index in [1.807, 2.05) is 0 Å². The van der Waals surface area contributed by atoms with E-state index in [0.29, 0.717) is 6.04 Å². The van der Waals surface area contributed by atoms with Gasteiger partial charge in [-0.1, -0.05) is 13.3 Å². The highest BCUT2D eigenvalue weighted by atomic mass is 15.2. The standard InChI is InChI=1S/C15H25N3/c1-2-17-15(11-16)7-6-14(8-15)18-9-12-4-3-5-13(12)10-18/h12-14,17H,2-10H2,1H3. The number of hydrogen-bond acceptors (Lipinski definition) is 3. The van der Waals surface area contributed by atoms with E-state index in [2.05, 4.69) is 23.2 Å². The maximum Gasteiger partial charge on any atom is 0.108 e. The molecule has 1 saturated heterocycles. The lowest BCUT2D eigenvalue weighted by Gasteiger charge is -2.27. The van der Waals surface area contributed by atoms with E-state index < -0.39 is 0 Å². The highest BCUT2D eigenvalue weighted by Gasteiger charge is 2.45. The topological polar surface area (TPSA) is 39.1 Å². The smallest absolute Gasteiger partial charge is 0.108 e. The van der Waals surface area contributed by atoms with Crippen molar-refractivity contribution in [1.82, 2.24) is 10.2 Å². The highest BCUT2D eigenvalue weighted by molar-refractivity contribution is 5.14. The van der Waals surface area contributed by atoms with E-state index in [-0.39, 0.29) is 5.54 Å². The number of fused-ring (bicyclic) bond motifs is 1. The molecule has 1 N–H and O–H groups in total. The fourth-order valence-electron chi connectivity index (χ4n) is 4.54. The Kier molecular flexibility index (Phi) is 3.34. The molecule has 1 aliphatic heterocycles. The van der Waals surface area contributed by atoms with Crippen LogP contribution in [0.5, 0.6) is 0 Å². The van der Waals surface area contributed by atoms with Crippen LogP contribution in [0, 0.1) is 23.2 Å². The summed E-state index contributed by atoms with van der Waals surface area (Å²) in [6.45, 7) is 5.63. The molecule has 3 fully saturated rings. The molecule has 4 atom stereocenters. The molecule has 0 radical (unpaired) electrons. The number of likely N-dealkylation sites (tertiary alicyclic amines) is 1. The van der Waals surface area contributed by atoms with E-state index in [0.717, 1.165) is 31.2 Å².